The van der Waals surface area contributed by atoms with Crippen molar-refractivity contribution < 1.29 is 9.59 Å². The highest BCUT2D eigenvalue weighted by molar-refractivity contribution is 7.14. The number of primary amides is 1. The van der Waals surface area contributed by atoms with E-state index in [-0.39, 0.29) is 17.5 Å². The van der Waals surface area contributed by atoms with Crippen molar-refractivity contribution in [2.24, 2.45) is 5.73 Å². The Morgan fingerprint density at radius 2 is 1.86 bits per heavy atom. The van der Waals surface area contributed by atoms with E-state index in [1.165, 1.54) is 36.1 Å². The predicted octanol–water partition coefficient (Wildman–Crippen LogP) is 3.00. The third kappa shape index (κ3) is 3.76. The number of aromatic nitrogens is 1. The van der Waals surface area contributed by atoms with Gasteiger partial charge in [-0.15, -0.1) is 11.3 Å². The summed E-state index contributed by atoms with van der Waals surface area (Å²) in [5.41, 5.74) is 7.70. The highest BCUT2D eigenvalue weighted by Crippen LogP contribution is 2.31. The number of amides is 2. The maximum absolute atomic E-state index is 12.9. The van der Waals surface area contributed by atoms with Crippen LogP contribution in [0.3, 0.4) is 0 Å². The van der Waals surface area contributed by atoms with Gasteiger partial charge < -0.3 is 16.0 Å². The Labute approximate surface area is 167 Å². The minimum atomic E-state index is -0.752. The number of carbonyl (C=O) groups is 2. The number of nitrogens with one attached hydrogen (secondary N) is 2. The summed E-state index contributed by atoms with van der Waals surface area (Å²) in [6.45, 7) is 0. The van der Waals surface area contributed by atoms with Gasteiger partial charge in [0.25, 0.3) is 17.4 Å². The molecule has 0 saturated carbocycles. The summed E-state index contributed by atoms with van der Waals surface area (Å²) in [5.74, 6) is -0.834. The van der Waals surface area contributed by atoms with Crippen molar-refractivity contribution in [2.45, 2.75) is 63.8 Å². The lowest BCUT2D eigenvalue weighted by Crippen LogP contribution is -2.33. The molecule has 2 aliphatic carbocycles. The van der Waals surface area contributed by atoms with Crippen LogP contribution in [0.1, 0.15) is 86.3 Å². The van der Waals surface area contributed by atoms with Gasteiger partial charge in [-0.25, -0.2) is 0 Å². The zero-order valence-corrected chi connectivity index (χ0v) is 16.6. The molecular weight excluding hydrogens is 374 g/mol. The van der Waals surface area contributed by atoms with E-state index in [0.29, 0.717) is 0 Å². The van der Waals surface area contributed by atoms with Gasteiger partial charge in [-0.2, -0.15) is 0 Å². The molecule has 0 aliphatic heterocycles. The fourth-order valence-corrected chi connectivity index (χ4v) is 5.42. The summed E-state index contributed by atoms with van der Waals surface area (Å²) in [6, 6.07) is 3.37. The summed E-state index contributed by atoms with van der Waals surface area (Å²) in [7, 11) is 0. The molecule has 2 amide bonds. The fourth-order valence-electron chi connectivity index (χ4n) is 4.26. The summed E-state index contributed by atoms with van der Waals surface area (Å²) in [5, 5.41) is 3.11. The van der Waals surface area contributed by atoms with Crippen LogP contribution in [0.5, 0.6) is 0 Å². The van der Waals surface area contributed by atoms with E-state index in [4.69, 9.17) is 5.73 Å². The van der Waals surface area contributed by atoms with Crippen LogP contribution in [0.2, 0.25) is 0 Å². The Bertz CT molecular complexity index is 950. The van der Waals surface area contributed by atoms with Crippen LogP contribution in [-0.4, -0.2) is 16.8 Å². The van der Waals surface area contributed by atoms with Gasteiger partial charge in [0.05, 0.1) is 10.9 Å². The lowest BCUT2D eigenvalue weighted by Gasteiger charge is -2.26. The summed E-state index contributed by atoms with van der Waals surface area (Å²) < 4.78 is 0. The molecule has 0 spiro atoms. The van der Waals surface area contributed by atoms with Gasteiger partial charge >= 0.3 is 0 Å². The first-order valence-corrected chi connectivity index (χ1v) is 10.8. The Morgan fingerprint density at radius 1 is 1.07 bits per heavy atom. The van der Waals surface area contributed by atoms with Gasteiger partial charge in [0.15, 0.2) is 0 Å². The van der Waals surface area contributed by atoms with Crippen LogP contribution in [0, 0.1) is 0 Å². The molecule has 1 atom stereocenters. The van der Waals surface area contributed by atoms with E-state index in [1.807, 2.05) is 6.07 Å². The molecule has 6 nitrogen and oxygen atoms in total. The molecule has 148 valence electrons. The second-order valence-electron chi connectivity index (χ2n) is 7.70. The van der Waals surface area contributed by atoms with Crippen molar-refractivity contribution in [3.8, 4) is 0 Å². The third-order valence-electron chi connectivity index (χ3n) is 5.74. The number of carbonyl (C=O) groups excluding carboxylic acids is 2. The molecule has 28 heavy (non-hydrogen) atoms. The zero-order valence-electron chi connectivity index (χ0n) is 15.8. The normalized spacial score (nSPS) is 19.1. The van der Waals surface area contributed by atoms with E-state index >= 15 is 0 Å². The van der Waals surface area contributed by atoms with Crippen molar-refractivity contribution in [3.05, 3.63) is 54.6 Å². The number of hydrogen-bond acceptors (Lipinski definition) is 4. The highest BCUT2D eigenvalue weighted by Gasteiger charge is 2.26. The average molecular weight is 400 g/mol. The first-order chi connectivity index (χ1) is 13.5. The SMILES string of the molecule is NC(=O)c1cc2c([nH]c1=O)CCCC2NC(=O)c1cc2c(s1)CCCCCC2. The van der Waals surface area contributed by atoms with Gasteiger partial charge in [-0.1, -0.05) is 12.8 Å². The molecule has 7 heteroatoms. The van der Waals surface area contributed by atoms with Crippen molar-refractivity contribution in [1.29, 1.82) is 0 Å². The van der Waals surface area contributed by atoms with Crippen molar-refractivity contribution >= 4 is 23.2 Å². The monoisotopic (exact) mass is 399 g/mol. The van der Waals surface area contributed by atoms with E-state index in [9.17, 15) is 14.4 Å². The van der Waals surface area contributed by atoms with Crippen LogP contribution in [0.15, 0.2) is 16.9 Å². The van der Waals surface area contributed by atoms with Crippen molar-refractivity contribution in [3.63, 3.8) is 0 Å². The van der Waals surface area contributed by atoms with E-state index < -0.39 is 11.5 Å². The number of rotatable bonds is 3. The molecule has 4 rings (SSSR count). The zero-order chi connectivity index (χ0) is 19.7. The Hall–Kier alpha value is -2.41. The number of fused-ring (bicyclic) bond motifs is 2. The largest absolute Gasteiger partial charge is 0.365 e. The summed E-state index contributed by atoms with van der Waals surface area (Å²) in [4.78, 5) is 41.3. The highest BCUT2D eigenvalue weighted by atomic mass is 32.1. The molecule has 2 aliphatic rings. The molecule has 0 fully saturated rings. The quantitative estimate of drug-likeness (QED) is 0.739. The van der Waals surface area contributed by atoms with E-state index in [0.717, 1.165) is 48.2 Å². The minimum Gasteiger partial charge on any atom is -0.365 e. The molecule has 0 bridgehead atoms. The number of pyridine rings is 1. The Kier molecular flexibility index (Phi) is 5.35. The van der Waals surface area contributed by atoms with E-state index in [2.05, 4.69) is 10.3 Å². The second-order valence-corrected chi connectivity index (χ2v) is 8.84. The van der Waals surface area contributed by atoms with Gasteiger partial charge in [-0.3, -0.25) is 14.4 Å². The van der Waals surface area contributed by atoms with E-state index in [1.54, 1.807) is 17.4 Å². The third-order valence-corrected chi connectivity index (χ3v) is 6.98. The van der Waals surface area contributed by atoms with Crippen LogP contribution in [0.4, 0.5) is 0 Å². The predicted molar refractivity (Wildman–Crippen MR) is 109 cm³/mol. The average Bonchev–Trinajstić information content (AvgIpc) is 3.03. The number of hydrogen-bond donors (Lipinski definition) is 3. The smallest absolute Gasteiger partial charge is 0.261 e. The molecule has 2 aromatic rings. The molecule has 2 aromatic heterocycles. The van der Waals surface area contributed by atoms with Crippen molar-refractivity contribution in [1.82, 2.24) is 10.3 Å². The molecule has 4 N–H and O–H groups in total. The number of nitrogens with two attached hydrogens (primary N) is 1. The second kappa shape index (κ2) is 7.91. The topological polar surface area (TPSA) is 105 Å². The maximum atomic E-state index is 12.9. The summed E-state index contributed by atoms with van der Waals surface area (Å²) in [6.07, 6.45) is 9.37. The lowest BCUT2D eigenvalue weighted by molar-refractivity contribution is 0.0936. The standard InChI is InChI=1S/C21H25N3O3S/c22-19(25)14-11-13-15(23-20(14)26)7-5-8-16(13)24-21(27)18-10-12-6-3-1-2-4-9-17(12)28-18/h10-11,16H,1-9H2,(H2,22,25)(H,23,26)(H,24,27). The van der Waals surface area contributed by atoms with Crippen LogP contribution >= 0.6 is 11.3 Å². The number of aromatic amines is 1. The first-order valence-electron chi connectivity index (χ1n) is 10.0. The maximum Gasteiger partial charge on any atom is 0.261 e. The van der Waals surface area contributed by atoms with Gasteiger partial charge in [-0.05, 0) is 68.2 Å². The molecule has 1 unspecified atom stereocenters. The molecular formula is C21H25N3O3S. The minimum absolute atomic E-state index is 0.0565. The lowest BCUT2D eigenvalue weighted by atomic mass is 9.90. The number of thiophene rings is 1. The molecule has 2 heterocycles. The molecule has 0 radical (unpaired) electrons. The Morgan fingerprint density at radius 3 is 2.64 bits per heavy atom. The fraction of sp³-hybridized carbons (Fsp3) is 0.476. The van der Waals surface area contributed by atoms with Crippen LogP contribution < -0.4 is 16.6 Å². The van der Waals surface area contributed by atoms with Gasteiger partial charge in [0.2, 0.25) is 0 Å². The number of aryl methyl sites for hydroxylation is 3. The summed E-state index contributed by atoms with van der Waals surface area (Å²) >= 11 is 1.60. The van der Waals surface area contributed by atoms with Crippen molar-refractivity contribution in [2.75, 3.05) is 0 Å². The molecule has 0 aromatic carbocycles. The van der Waals surface area contributed by atoms with Crippen LogP contribution in [0.25, 0.3) is 0 Å². The van der Waals surface area contributed by atoms with Crippen LogP contribution in [-0.2, 0) is 19.3 Å². The first kappa shape index (κ1) is 18.9. The molecule has 0 saturated heterocycles. The van der Waals surface area contributed by atoms with Gasteiger partial charge in [0, 0.05) is 10.6 Å². The number of H-pyrrole nitrogens is 1. The van der Waals surface area contributed by atoms with Gasteiger partial charge in [0.1, 0.15) is 5.56 Å². The Balaban J connectivity index is 1.58.